The third kappa shape index (κ3) is 3.63. The zero-order chi connectivity index (χ0) is 13.7. The molecule has 2 N–H and O–H groups in total. The van der Waals surface area contributed by atoms with E-state index in [1.807, 2.05) is 12.1 Å². The van der Waals surface area contributed by atoms with Crippen LogP contribution in [0.15, 0.2) is 18.2 Å². The van der Waals surface area contributed by atoms with Crippen molar-refractivity contribution in [1.82, 2.24) is 4.90 Å². The van der Waals surface area contributed by atoms with E-state index in [-0.39, 0.29) is 0 Å². The Kier molecular flexibility index (Phi) is 5.08. The molecule has 0 spiro atoms. The quantitative estimate of drug-likeness (QED) is 0.826. The second kappa shape index (κ2) is 6.80. The van der Waals surface area contributed by atoms with Crippen molar-refractivity contribution in [2.75, 3.05) is 19.4 Å². The van der Waals surface area contributed by atoms with E-state index >= 15 is 0 Å². The molecule has 106 valence electrons. The first-order chi connectivity index (χ1) is 9.24. The van der Waals surface area contributed by atoms with Crippen LogP contribution in [-0.2, 0) is 6.54 Å². The van der Waals surface area contributed by atoms with Gasteiger partial charge in [0.15, 0.2) is 0 Å². The molecule has 0 aromatic heterocycles. The fraction of sp³-hybridized carbons (Fsp3) is 0.625. The lowest BCUT2D eigenvalue weighted by molar-refractivity contribution is 0.156. The first kappa shape index (κ1) is 14.2. The first-order valence-corrected chi connectivity index (χ1v) is 7.41. The molecule has 19 heavy (non-hydrogen) atoms. The largest absolute Gasteiger partial charge is 0.497 e. The Morgan fingerprint density at radius 1 is 1.26 bits per heavy atom. The number of hydrogen-bond acceptors (Lipinski definition) is 3. The fourth-order valence-electron chi connectivity index (χ4n) is 3.01. The van der Waals surface area contributed by atoms with Gasteiger partial charge < -0.3 is 10.5 Å². The molecule has 0 bridgehead atoms. The molecule has 0 radical (unpaired) electrons. The summed E-state index contributed by atoms with van der Waals surface area (Å²) in [7, 11) is 1.68. The highest BCUT2D eigenvalue weighted by Gasteiger charge is 2.20. The molecule has 1 aromatic rings. The predicted octanol–water partition coefficient (Wildman–Crippen LogP) is 3.43. The second-order valence-electron chi connectivity index (χ2n) is 5.42. The number of anilines is 1. The average Bonchev–Trinajstić information content (AvgIpc) is 2.47. The smallest absolute Gasteiger partial charge is 0.120 e. The summed E-state index contributed by atoms with van der Waals surface area (Å²) in [6.07, 6.45) is 6.82. The molecular weight excluding hydrogens is 236 g/mol. The topological polar surface area (TPSA) is 38.5 Å². The number of nitrogens with two attached hydrogens (primary N) is 1. The highest BCUT2D eigenvalue weighted by molar-refractivity contribution is 5.51. The molecule has 3 nitrogen and oxygen atoms in total. The summed E-state index contributed by atoms with van der Waals surface area (Å²) in [5, 5.41) is 0. The number of nitrogens with zero attached hydrogens (tertiary/aromatic N) is 1. The third-order valence-electron chi connectivity index (χ3n) is 4.22. The molecule has 0 unspecified atom stereocenters. The Morgan fingerprint density at radius 2 is 2.00 bits per heavy atom. The van der Waals surface area contributed by atoms with Crippen molar-refractivity contribution in [3.8, 4) is 5.75 Å². The summed E-state index contributed by atoms with van der Waals surface area (Å²) < 4.78 is 5.20. The maximum Gasteiger partial charge on any atom is 0.120 e. The molecule has 3 heteroatoms. The summed E-state index contributed by atoms with van der Waals surface area (Å²) >= 11 is 0. The van der Waals surface area contributed by atoms with Gasteiger partial charge in [-0.3, -0.25) is 4.90 Å². The van der Waals surface area contributed by atoms with Gasteiger partial charge in [0, 0.05) is 24.3 Å². The van der Waals surface area contributed by atoms with Gasteiger partial charge in [-0.1, -0.05) is 32.3 Å². The number of ether oxygens (including phenoxy) is 1. The van der Waals surface area contributed by atoms with Gasteiger partial charge in [-0.15, -0.1) is 0 Å². The third-order valence-corrected chi connectivity index (χ3v) is 4.22. The van der Waals surface area contributed by atoms with Crippen LogP contribution in [0.4, 0.5) is 5.69 Å². The molecule has 0 heterocycles. The van der Waals surface area contributed by atoms with Crippen molar-refractivity contribution < 1.29 is 4.74 Å². The average molecular weight is 262 g/mol. The summed E-state index contributed by atoms with van der Waals surface area (Å²) in [5.41, 5.74) is 8.18. The van der Waals surface area contributed by atoms with Gasteiger partial charge in [-0.2, -0.15) is 0 Å². The molecule has 1 aromatic carbocycles. The number of hydrogen-bond donors (Lipinski definition) is 1. The van der Waals surface area contributed by atoms with Gasteiger partial charge in [-0.05, 0) is 31.0 Å². The Balaban J connectivity index is 2.04. The van der Waals surface area contributed by atoms with Gasteiger partial charge in [0.25, 0.3) is 0 Å². The van der Waals surface area contributed by atoms with E-state index in [9.17, 15) is 0 Å². The van der Waals surface area contributed by atoms with Crippen LogP contribution in [-0.4, -0.2) is 24.6 Å². The van der Waals surface area contributed by atoms with Crippen molar-refractivity contribution in [2.45, 2.75) is 51.6 Å². The van der Waals surface area contributed by atoms with Crippen molar-refractivity contribution in [3.05, 3.63) is 23.8 Å². The maximum absolute atomic E-state index is 6.12. The molecule has 0 aliphatic heterocycles. The maximum atomic E-state index is 6.12. The molecule has 1 saturated carbocycles. The van der Waals surface area contributed by atoms with Crippen LogP contribution < -0.4 is 10.5 Å². The standard InChI is InChI=1S/C16H26N2O/c1-3-18(14-7-5-4-6-8-14)12-13-9-10-15(19-2)11-16(13)17/h9-11,14H,3-8,12,17H2,1-2H3. The number of nitrogen functional groups attached to an aromatic ring is 1. The van der Waals surface area contributed by atoms with Crippen LogP contribution in [0.2, 0.25) is 0 Å². The molecule has 0 saturated heterocycles. The molecule has 1 aliphatic carbocycles. The molecule has 0 atom stereocenters. The predicted molar refractivity (Wildman–Crippen MR) is 80.4 cm³/mol. The van der Waals surface area contributed by atoms with Gasteiger partial charge >= 0.3 is 0 Å². The normalized spacial score (nSPS) is 16.8. The van der Waals surface area contributed by atoms with Crippen LogP contribution >= 0.6 is 0 Å². The minimum absolute atomic E-state index is 0.736. The SMILES string of the molecule is CCN(Cc1ccc(OC)cc1N)C1CCCCC1. The zero-order valence-electron chi connectivity index (χ0n) is 12.2. The Morgan fingerprint density at radius 3 is 2.58 bits per heavy atom. The van der Waals surface area contributed by atoms with Crippen molar-refractivity contribution in [1.29, 1.82) is 0 Å². The molecule has 0 amide bonds. The number of benzene rings is 1. The Hall–Kier alpha value is -1.22. The highest BCUT2D eigenvalue weighted by atomic mass is 16.5. The van der Waals surface area contributed by atoms with Crippen molar-refractivity contribution in [2.24, 2.45) is 0 Å². The van der Waals surface area contributed by atoms with Crippen LogP contribution in [0, 0.1) is 0 Å². The Bertz CT molecular complexity index is 400. The highest BCUT2D eigenvalue weighted by Crippen LogP contribution is 2.26. The summed E-state index contributed by atoms with van der Waals surface area (Å²) in [4.78, 5) is 2.57. The van der Waals surface area contributed by atoms with Crippen LogP contribution in [0.25, 0.3) is 0 Å². The number of rotatable bonds is 5. The van der Waals surface area contributed by atoms with Gasteiger partial charge in [0.1, 0.15) is 5.75 Å². The second-order valence-corrected chi connectivity index (χ2v) is 5.42. The van der Waals surface area contributed by atoms with E-state index in [0.717, 1.165) is 30.6 Å². The Labute approximate surface area is 116 Å². The van der Waals surface area contributed by atoms with E-state index < -0.39 is 0 Å². The first-order valence-electron chi connectivity index (χ1n) is 7.41. The molecule has 2 rings (SSSR count). The zero-order valence-corrected chi connectivity index (χ0v) is 12.2. The molecular formula is C16H26N2O. The van der Waals surface area contributed by atoms with Crippen molar-refractivity contribution in [3.63, 3.8) is 0 Å². The number of methoxy groups -OCH3 is 1. The summed E-state index contributed by atoms with van der Waals surface area (Å²) in [6, 6.07) is 6.75. The lowest BCUT2D eigenvalue weighted by Gasteiger charge is -2.33. The van der Waals surface area contributed by atoms with Crippen LogP contribution in [0.5, 0.6) is 5.75 Å². The minimum atomic E-state index is 0.736. The van der Waals surface area contributed by atoms with E-state index in [1.54, 1.807) is 7.11 Å². The lowest BCUT2D eigenvalue weighted by Crippen LogP contribution is -2.36. The molecule has 1 fully saturated rings. The minimum Gasteiger partial charge on any atom is -0.497 e. The summed E-state index contributed by atoms with van der Waals surface area (Å²) in [5.74, 6) is 0.835. The lowest BCUT2D eigenvalue weighted by atomic mass is 9.94. The summed E-state index contributed by atoms with van der Waals surface area (Å²) in [6.45, 7) is 4.29. The van der Waals surface area contributed by atoms with E-state index in [4.69, 9.17) is 10.5 Å². The monoisotopic (exact) mass is 262 g/mol. The van der Waals surface area contributed by atoms with Crippen LogP contribution in [0.1, 0.15) is 44.6 Å². The van der Waals surface area contributed by atoms with E-state index in [1.165, 1.54) is 37.7 Å². The van der Waals surface area contributed by atoms with Gasteiger partial charge in [0.2, 0.25) is 0 Å². The fourth-order valence-corrected chi connectivity index (χ4v) is 3.01. The van der Waals surface area contributed by atoms with E-state index in [2.05, 4.69) is 17.9 Å². The van der Waals surface area contributed by atoms with Crippen molar-refractivity contribution >= 4 is 5.69 Å². The van der Waals surface area contributed by atoms with Gasteiger partial charge in [0.05, 0.1) is 7.11 Å². The van der Waals surface area contributed by atoms with E-state index in [0.29, 0.717) is 0 Å². The van der Waals surface area contributed by atoms with Crippen LogP contribution in [0.3, 0.4) is 0 Å². The molecule has 1 aliphatic rings. The van der Waals surface area contributed by atoms with Gasteiger partial charge in [-0.25, -0.2) is 0 Å².